The first-order valence-electron chi connectivity index (χ1n) is 18.2. The van der Waals surface area contributed by atoms with Gasteiger partial charge < -0.3 is 19.7 Å². The average molecular weight is 868 g/mol. The summed E-state index contributed by atoms with van der Waals surface area (Å²) < 4.78 is 69.6. The molecule has 2 fully saturated rings. The van der Waals surface area contributed by atoms with Crippen molar-refractivity contribution < 1.29 is 55.8 Å². The van der Waals surface area contributed by atoms with Crippen LogP contribution in [0.4, 0.5) is 11.5 Å². The minimum atomic E-state index is -4.71. The van der Waals surface area contributed by atoms with Gasteiger partial charge in [-0.05, 0) is 31.0 Å². The number of benzene rings is 2. The lowest BCUT2D eigenvalue weighted by molar-refractivity contribution is -0.383. The van der Waals surface area contributed by atoms with Crippen molar-refractivity contribution in [2.45, 2.75) is 62.9 Å². The number of imidazole rings is 1. The van der Waals surface area contributed by atoms with Crippen LogP contribution in [0.25, 0.3) is 22.2 Å². The highest BCUT2D eigenvalue weighted by Gasteiger charge is 2.45. The normalized spacial score (nSPS) is 22.2. The van der Waals surface area contributed by atoms with E-state index in [1.165, 1.54) is 34.0 Å². The molecule has 26 heteroatoms. The number of fused-ring (bicyclic) bond motifs is 2. The molecule has 2 aromatic carbocycles. The molecule has 5 heterocycles. The Balaban J connectivity index is 1.09. The van der Waals surface area contributed by atoms with Gasteiger partial charge in [-0.2, -0.15) is 10.5 Å². The molecular formula is C34H35N11O13P2. The lowest BCUT2D eigenvalue weighted by Gasteiger charge is -2.25. The minimum absolute atomic E-state index is 0.0860. The third-order valence-electron chi connectivity index (χ3n) is 9.17. The molecule has 0 bridgehead atoms. The first kappa shape index (κ1) is 42.5. The zero-order valence-electron chi connectivity index (χ0n) is 31.2. The van der Waals surface area contributed by atoms with E-state index in [4.69, 9.17) is 37.4 Å². The van der Waals surface area contributed by atoms with Gasteiger partial charge in [-0.15, -0.1) is 5.10 Å². The van der Waals surface area contributed by atoms with E-state index in [1.54, 1.807) is 42.5 Å². The molecule has 60 heavy (non-hydrogen) atoms. The van der Waals surface area contributed by atoms with Crippen molar-refractivity contribution in [3.05, 3.63) is 76.9 Å². The molecular weight excluding hydrogens is 832 g/mol. The van der Waals surface area contributed by atoms with E-state index in [0.29, 0.717) is 23.9 Å². The Bertz CT molecular complexity index is 2530. The summed E-state index contributed by atoms with van der Waals surface area (Å²) in [7, 11) is -9.30. The number of nitrogens with zero attached hydrogens (tertiary/aromatic N) is 10. The molecule has 3 aromatic heterocycles. The van der Waals surface area contributed by atoms with Crippen molar-refractivity contribution in [2.24, 2.45) is 0 Å². The summed E-state index contributed by atoms with van der Waals surface area (Å²) in [5, 5.41) is 40.2. The van der Waals surface area contributed by atoms with Crippen LogP contribution in [-0.2, 0) is 41.2 Å². The van der Waals surface area contributed by atoms with E-state index in [2.05, 4.69) is 30.6 Å². The van der Waals surface area contributed by atoms with E-state index in [9.17, 15) is 34.2 Å². The van der Waals surface area contributed by atoms with Crippen molar-refractivity contribution in [3.8, 4) is 12.1 Å². The Morgan fingerprint density at radius 3 is 2.50 bits per heavy atom. The Morgan fingerprint density at radius 1 is 0.950 bits per heavy atom. The molecule has 0 spiro atoms. The minimum Gasteiger partial charge on any atom is -0.351 e. The number of carbonyl (C=O) groups excluding carboxylic acids is 1. The van der Waals surface area contributed by atoms with Gasteiger partial charge in [0.2, 0.25) is 0 Å². The van der Waals surface area contributed by atoms with Crippen LogP contribution < -0.4 is 5.32 Å². The molecule has 314 valence electrons. The molecule has 2 aliphatic rings. The fourth-order valence-electron chi connectivity index (χ4n) is 6.41. The predicted octanol–water partition coefficient (Wildman–Crippen LogP) is 4.88. The van der Waals surface area contributed by atoms with Crippen LogP contribution in [0.1, 0.15) is 54.9 Å². The second-order valence-corrected chi connectivity index (χ2v) is 16.2. The fourth-order valence-corrected chi connectivity index (χ4v) is 8.55. The zero-order valence-corrected chi connectivity index (χ0v) is 33.0. The Labute approximate surface area is 339 Å². The molecule has 7 atom stereocenters. The van der Waals surface area contributed by atoms with Crippen molar-refractivity contribution in [2.75, 3.05) is 31.7 Å². The summed E-state index contributed by atoms with van der Waals surface area (Å²) >= 11 is 0. The number of carbonyl (C=O) groups is 1. The summed E-state index contributed by atoms with van der Waals surface area (Å²) in [5.74, 6) is -0.338. The quantitative estimate of drug-likeness (QED) is 0.0483. The van der Waals surface area contributed by atoms with Gasteiger partial charge in [0, 0.05) is 18.1 Å². The fraction of sp³-hybridized carbons (Fsp3) is 0.412. The van der Waals surface area contributed by atoms with Crippen LogP contribution in [0.2, 0.25) is 0 Å². The number of nitriles is 2. The molecule has 24 nitrogen and oxygen atoms in total. The first-order valence-corrected chi connectivity index (χ1v) is 21.2. The van der Waals surface area contributed by atoms with Crippen molar-refractivity contribution >= 4 is 55.3 Å². The van der Waals surface area contributed by atoms with Crippen molar-refractivity contribution in [3.63, 3.8) is 0 Å². The maximum absolute atomic E-state index is 14.3. The topological polar surface area (TPSA) is 313 Å². The van der Waals surface area contributed by atoms with Crippen molar-refractivity contribution in [1.29, 1.82) is 10.5 Å². The van der Waals surface area contributed by atoms with E-state index in [0.717, 1.165) is 0 Å². The number of nitro benzene ring substituents is 1. The molecule has 7 rings (SSSR count). The number of nitro groups is 1. The zero-order chi connectivity index (χ0) is 42.3. The number of ether oxygens (including phenoxy) is 2. The largest absolute Gasteiger partial charge is 0.475 e. The predicted molar refractivity (Wildman–Crippen MR) is 202 cm³/mol. The number of phosphoric ester groups is 2. The number of phosphoric acid groups is 2. The molecule has 2 unspecified atom stereocenters. The molecule has 1 amide bonds. The lowest BCUT2D eigenvalue weighted by Crippen LogP contribution is -2.29. The monoisotopic (exact) mass is 867 g/mol. The number of aromatic nitrogens is 7. The van der Waals surface area contributed by atoms with Gasteiger partial charge in [-0.25, -0.2) is 28.8 Å². The standard InChI is InChI=1S/C34H35N11O13P2/c35-13-5-15-52-59(49,50)54-19-27-26(17-29(57-27)43-21-39-31-32(37-20-38-33(31)43)40-34(46)22-7-2-1-3-8-22)58-60(51,53-16-6-14-36)55-18-23-11-12-28(56-23)44-24-9-4-10-25(45(47)48)30(24)41-42-44/h1-4,7-10,20-21,23,26-29H,5-6,11-12,15-19H2,(H,49,50)(H,37,38,40,46)/t23-,26-,27+,28+,29+,60?/m0/s1. The summed E-state index contributed by atoms with van der Waals surface area (Å²) in [6.07, 6.45) is -1.95. The number of hydrogen-bond donors (Lipinski definition) is 2. The number of hydrogen-bond acceptors (Lipinski definition) is 19. The molecule has 0 aliphatic carbocycles. The second-order valence-electron chi connectivity index (χ2n) is 13.1. The third-order valence-corrected chi connectivity index (χ3v) is 11.6. The molecule has 5 aromatic rings. The summed E-state index contributed by atoms with van der Waals surface area (Å²) in [6.45, 7) is -1.72. The Hall–Kier alpha value is -5.62. The number of non-ortho nitro benzene ring substituents is 1. The summed E-state index contributed by atoms with van der Waals surface area (Å²) in [6, 6.07) is 16.6. The number of amides is 1. The van der Waals surface area contributed by atoms with Crippen LogP contribution in [-0.4, -0.2) is 95.0 Å². The van der Waals surface area contributed by atoms with Gasteiger partial charge in [0.25, 0.3) is 11.6 Å². The summed E-state index contributed by atoms with van der Waals surface area (Å²) in [4.78, 5) is 47.0. The maximum atomic E-state index is 14.3. The smallest absolute Gasteiger partial charge is 0.351 e. The number of nitrogens with one attached hydrogen (secondary N) is 1. The number of rotatable bonds is 19. The molecule has 2 aliphatic heterocycles. The maximum Gasteiger partial charge on any atom is 0.475 e. The molecule has 0 radical (unpaired) electrons. The van der Waals surface area contributed by atoms with E-state index in [1.807, 2.05) is 6.07 Å². The van der Waals surface area contributed by atoms with Crippen LogP contribution in [0.3, 0.4) is 0 Å². The van der Waals surface area contributed by atoms with Gasteiger partial charge in [-0.3, -0.25) is 42.1 Å². The first-order chi connectivity index (χ1) is 29.0. The van der Waals surface area contributed by atoms with E-state index in [-0.39, 0.29) is 60.7 Å². The van der Waals surface area contributed by atoms with Gasteiger partial charge >= 0.3 is 15.6 Å². The van der Waals surface area contributed by atoms with Gasteiger partial charge in [-0.1, -0.05) is 29.5 Å². The highest BCUT2D eigenvalue weighted by Crippen LogP contribution is 2.54. The SMILES string of the molecule is N#CCCOP(=O)(O)OC[C@H]1O[C@@H](n2cnc3c(NC(=O)c4ccccc4)ncnc32)C[C@@H]1OP(=O)(OCCC#N)OC[C@@H]1CC[C@H](n2nnc3c([N+](=O)[O-])cccc32)O1. The van der Waals surface area contributed by atoms with E-state index < -0.39 is 70.5 Å². The van der Waals surface area contributed by atoms with Gasteiger partial charge in [0.15, 0.2) is 28.7 Å². The van der Waals surface area contributed by atoms with Crippen LogP contribution in [0.5, 0.6) is 0 Å². The van der Waals surface area contributed by atoms with Crippen LogP contribution in [0, 0.1) is 32.8 Å². The Morgan fingerprint density at radius 2 is 1.73 bits per heavy atom. The van der Waals surface area contributed by atoms with E-state index >= 15 is 0 Å². The molecule has 0 saturated carbocycles. The van der Waals surface area contributed by atoms with Crippen molar-refractivity contribution in [1.82, 2.24) is 34.5 Å². The van der Waals surface area contributed by atoms with Crippen LogP contribution >= 0.6 is 15.6 Å². The second kappa shape index (κ2) is 18.8. The average Bonchev–Trinajstić information content (AvgIpc) is 4.06. The highest BCUT2D eigenvalue weighted by atomic mass is 31.2. The number of anilines is 1. The highest BCUT2D eigenvalue weighted by molar-refractivity contribution is 7.48. The Kier molecular flexibility index (Phi) is 13.3. The summed E-state index contributed by atoms with van der Waals surface area (Å²) in [5.41, 5.74) is 1.05. The lowest BCUT2D eigenvalue weighted by atomic mass is 10.2. The molecule has 2 N–H and O–H groups in total. The van der Waals surface area contributed by atoms with Gasteiger partial charge in [0.05, 0.1) is 74.3 Å². The third kappa shape index (κ3) is 9.87. The van der Waals surface area contributed by atoms with Crippen LogP contribution in [0.15, 0.2) is 61.2 Å². The molecule has 2 saturated heterocycles. The van der Waals surface area contributed by atoms with Gasteiger partial charge in [0.1, 0.15) is 24.8 Å².